The number of rotatable bonds is 5. The summed E-state index contributed by atoms with van der Waals surface area (Å²) in [4.78, 5) is 0. The van der Waals surface area contributed by atoms with E-state index in [-0.39, 0.29) is 5.38 Å². The topological polar surface area (TPSA) is 0 Å². The summed E-state index contributed by atoms with van der Waals surface area (Å²) in [6, 6.07) is 3.04. The van der Waals surface area contributed by atoms with E-state index in [0.717, 1.165) is 25.0 Å². The summed E-state index contributed by atoms with van der Waals surface area (Å²) in [7, 11) is 0. The van der Waals surface area contributed by atoms with Gasteiger partial charge in [-0.1, -0.05) is 19.4 Å². The van der Waals surface area contributed by atoms with Gasteiger partial charge >= 0.3 is 6.18 Å². The highest BCUT2D eigenvalue weighted by Crippen LogP contribution is 2.31. The van der Waals surface area contributed by atoms with Crippen LogP contribution in [0.4, 0.5) is 17.6 Å². The van der Waals surface area contributed by atoms with Gasteiger partial charge in [-0.05, 0) is 37.0 Å². The average molecular weight is 283 g/mol. The smallest absolute Gasteiger partial charge is 0.206 e. The van der Waals surface area contributed by atoms with E-state index in [9.17, 15) is 17.6 Å². The Kier molecular flexibility index (Phi) is 5.45. The molecule has 102 valence electrons. The molecule has 5 heteroatoms. The highest BCUT2D eigenvalue weighted by atomic mass is 35.5. The fourth-order valence-electron chi connectivity index (χ4n) is 1.72. The van der Waals surface area contributed by atoms with E-state index in [1.54, 1.807) is 0 Å². The van der Waals surface area contributed by atoms with E-state index < -0.39 is 17.6 Å². The van der Waals surface area contributed by atoms with Crippen LogP contribution in [-0.4, -0.2) is 5.38 Å². The van der Waals surface area contributed by atoms with Crippen LogP contribution in [-0.2, 0) is 12.6 Å². The molecule has 18 heavy (non-hydrogen) atoms. The van der Waals surface area contributed by atoms with Gasteiger partial charge in [-0.25, -0.2) is 4.39 Å². The second kappa shape index (κ2) is 6.41. The van der Waals surface area contributed by atoms with Crippen molar-refractivity contribution in [3.63, 3.8) is 0 Å². The lowest BCUT2D eigenvalue weighted by atomic mass is 10.0. The zero-order valence-corrected chi connectivity index (χ0v) is 10.8. The third-order valence-electron chi connectivity index (χ3n) is 2.69. The van der Waals surface area contributed by atoms with Crippen LogP contribution in [0.2, 0.25) is 0 Å². The Labute approximate surface area is 109 Å². The number of hydrogen-bond acceptors (Lipinski definition) is 0. The lowest BCUT2D eigenvalue weighted by molar-refractivity contribution is -0.140. The maximum absolute atomic E-state index is 13.3. The zero-order valence-electron chi connectivity index (χ0n) is 10.0. The summed E-state index contributed by atoms with van der Waals surface area (Å²) in [6.45, 7) is 2.01. The van der Waals surface area contributed by atoms with Crippen molar-refractivity contribution in [1.29, 1.82) is 0 Å². The van der Waals surface area contributed by atoms with Gasteiger partial charge in [-0.3, -0.25) is 0 Å². The summed E-state index contributed by atoms with van der Waals surface area (Å²) in [5.74, 6) is -1.22. The van der Waals surface area contributed by atoms with Crippen LogP contribution in [0.3, 0.4) is 0 Å². The van der Waals surface area contributed by atoms with Crippen molar-refractivity contribution in [2.45, 2.75) is 44.2 Å². The molecule has 1 unspecified atom stereocenters. The van der Waals surface area contributed by atoms with Gasteiger partial charge in [0, 0.05) is 5.38 Å². The Morgan fingerprint density at radius 3 is 2.39 bits per heavy atom. The van der Waals surface area contributed by atoms with Crippen molar-refractivity contribution < 1.29 is 17.6 Å². The number of alkyl halides is 4. The molecule has 0 N–H and O–H groups in total. The monoisotopic (exact) mass is 282 g/mol. The van der Waals surface area contributed by atoms with E-state index in [1.165, 1.54) is 6.07 Å². The van der Waals surface area contributed by atoms with Gasteiger partial charge in [0.2, 0.25) is 0 Å². The fraction of sp³-hybridized carbons (Fsp3) is 0.538. The van der Waals surface area contributed by atoms with E-state index in [1.807, 2.05) is 6.92 Å². The molecule has 0 aliphatic heterocycles. The molecule has 0 aliphatic rings. The quantitative estimate of drug-likeness (QED) is 0.515. The Bertz CT molecular complexity index is 387. The molecule has 0 bridgehead atoms. The molecular formula is C13H15ClF4. The predicted octanol–water partition coefficient (Wildman–Crippen LogP) is 5.18. The van der Waals surface area contributed by atoms with Gasteiger partial charge < -0.3 is 0 Å². The molecule has 0 heterocycles. The van der Waals surface area contributed by atoms with E-state index in [2.05, 4.69) is 0 Å². The molecule has 0 spiro atoms. The van der Waals surface area contributed by atoms with Crippen molar-refractivity contribution in [1.82, 2.24) is 0 Å². The van der Waals surface area contributed by atoms with E-state index in [0.29, 0.717) is 18.4 Å². The molecule has 0 nitrogen and oxygen atoms in total. The first-order valence-corrected chi connectivity index (χ1v) is 6.28. The van der Waals surface area contributed by atoms with Crippen LogP contribution >= 0.6 is 11.6 Å². The molecule has 0 aromatic heterocycles. The molecule has 1 rings (SSSR count). The minimum absolute atomic E-state index is 0.0136. The molecule has 1 aromatic carbocycles. The first-order chi connectivity index (χ1) is 8.34. The average Bonchev–Trinajstić information content (AvgIpc) is 2.25. The molecule has 0 amide bonds. The summed E-state index contributed by atoms with van der Waals surface area (Å²) in [5, 5.41) is -0.0136. The molecule has 0 fully saturated rings. The standard InChI is InChI=1S/C13H15ClF4/c1-2-3-10(14)6-4-9-5-7-11(12(15)8-9)13(16,17)18/h5,7-8,10H,2-4,6H2,1H3. The van der Waals surface area contributed by atoms with Crippen LogP contribution in [0.5, 0.6) is 0 Å². The number of aryl methyl sites for hydroxylation is 1. The van der Waals surface area contributed by atoms with Crippen molar-refractivity contribution in [2.75, 3.05) is 0 Å². The summed E-state index contributed by atoms with van der Waals surface area (Å²) in [6.07, 6.45) is -1.70. The maximum Gasteiger partial charge on any atom is 0.419 e. The van der Waals surface area contributed by atoms with E-state index in [4.69, 9.17) is 11.6 Å². The Morgan fingerprint density at radius 2 is 1.89 bits per heavy atom. The van der Waals surface area contributed by atoms with Crippen LogP contribution in [0.25, 0.3) is 0 Å². The maximum atomic E-state index is 13.3. The Morgan fingerprint density at radius 1 is 1.22 bits per heavy atom. The summed E-state index contributed by atoms with van der Waals surface area (Å²) >= 11 is 6.00. The van der Waals surface area contributed by atoms with Gasteiger partial charge in [0.05, 0.1) is 5.56 Å². The molecule has 1 atom stereocenters. The normalized spacial score (nSPS) is 13.7. The lowest BCUT2D eigenvalue weighted by Gasteiger charge is -2.11. The van der Waals surface area contributed by atoms with E-state index >= 15 is 0 Å². The first kappa shape index (κ1) is 15.3. The van der Waals surface area contributed by atoms with Crippen LogP contribution in [0.15, 0.2) is 18.2 Å². The van der Waals surface area contributed by atoms with Crippen LogP contribution < -0.4 is 0 Å². The van der Waals surface area contributed by atoms with Crippen molar-refractivity contribution >= 4 is 11.6 Å². The van der Waals surface area contributed by atoms with Crippen molar-refractivity contribution in [2.24, 2.45) is 0 Å². The number of benzene rings is 1. The molecule has 1 aromatic rings. The number of halogens is 5. The minimum Gasteiger partial charge on any atom is -0.206 e. The third-order valence-corrected chi connectivity index (χ3v) is 3.12. The zero-order chi connectivity index (χ0) is 13.8. The Balaban J connectivity index is 2.68. The summed E-state index contributed by atoms with van der Waals surface area (Å²) < 4.78 is 50.3. The fourth-order valence-corrected chi connectivity index (χ4v) is 2.05. The number of hydrogen-bond donors (Lipinski definition) is 0. The molecular weight excluding hydrogens is 268 g/mol. The third kappa shape index (κ3) is 4.48. The highest BCUT2D eigenvalue weighted by Gasteiger charge is 2.33. The van der Waals surface area contributed by atoms with Gasteiger partial charge in [0.25, 0.3) is 0 Å². The van der Waals surface area contributed by atoms with Gasteiger partial charge in [-0.2, -0.15) is 13.2 Å². The SMILES string of the molecule is CCCC(Cl)CCc1ccc(C(F)(F)F)c(F)c1. The van der Waals surface area contributed by atoms with Crippen LogP contribution in [0.1, 0.15) is 37.3 Å². The highest BCUT2D eigenvalue weighted by molar-refractivity contribution is 6.20. The van der Waals surface area contributed by atoms with Gasteiger partial charge in [0.15, 0.2) is 0 Å². The van der Waals surface area contributed by atoms with Gasteiger partial charge in [0.1, 0.15) is 5.82 Å². The molecule has 0 saturated carbocycles. The Hall–Kier alpha value is -0.770. The second-order valence-electron chi connectivity index (χ2n) is 4.24. The second-order valence-corrected chi connectivity index (χ2v) is 4.85. The van der Waals surface area contributed by atoms with Crippen molar-refractivity contribution in [3.05, 3.63) is 35.1 Å². The molecule has 0 saturated heterocycles. The van der Waals surface area contributed by atoms with Crippen molar-refractivity contribution in [3.8, 4) is 0 Å². The molecule has 0 radical (unpaired) electrons. The first-order valence-electron chi connectivity index (χ1n) is 5.84. The summed E-state index contributed by atoms with van der Waals surface area (Å²) in [5.41, 5.74) is -0.676. The lowest BCUT2D eigenvalue weighted by Crippen LogP contribution is -2.08. The van der Waals surface area contributed by atoms with Gasteiger partial charge in [-0.15, -0.1) is 11.6 Å². The minimum atomic E-state index is -4.64. The van der Waals surface area contributed by atoms with Crippen LogP contribution in [0, 0.1) is 5.82 Å². The largest absolute Gasteiger partial charge is 0.419 e. The predicted molar refractivity (Wildman–Crippen MR) is 64.3 cm³/mol. The molecule has 0 aliphatic carbocycles.